The second kappa shape index (κ2) is 6.88. The highest BCUT2D eigenvalue weighted by molar-refractivity contribution is 5.89. The molecule has 0 aliphatic carbocycles. The van der Waals surface area contributed by atoms with Crippen LogP contribution in [0.1, 0.15) is 32.1 Å². The van der Waals surface area contributed by atoms with E-state index in [1.54, 1.807) is 10.9 Å². The molecule has 132 valence electrons. The van der Waals surface area contributed by atoms with Crippen LogP contribution in [0.15, 0.2) is 42.7 Å². The van der Waals surface area contributed by atoms with E-state index >= 15 is 0 Å². The van der Waals surface area contributed by atoms with Crippen LogP contribution >= 0.6 is 0 Å². The number of amides is 2. The quantitative estimate of drug-likeness (QED) is 0.880. The molecule has 2 amide bonds. The van der Waals surface area contributed by atoms with Gasteiger partial charge in [-0.05, 0) is 75.5 Å². The van der Waals surface area contributed by atoms with Crippen LogP contribution in [0.2, 0.25) is 0 Å². The number of fused-ring (bicyclic) bond motifs is 1. The van der Waals surface area contributed by atoms with E-state index in [1.807, 2.05) is 36.5 Å². The van der Waals surface area contributed by atoms with Crippen LogP contribution in [0, 0.1) is 0 Å². The van der Waals surface area contributed by atoms with Crippen molar-refractivity contribution in [3.63, 3.8) is 0 Å². The van der Waals surface area contributed by atoms with Gasteiger partial charge in [-0.3, -0.25) is 4.90 Å². The molecule has 2 saturated heterocycles. The van der Waals surface area contributed by atoms with Gasteiger partial charge in [0.2, 0.25) is 0 Å². The molecule has 2 fully saturated rings. The van der Waals surface area contributed by atoms with Gasteiger partial charge in [-0.1, -0.05) is 0 Å². The third kappa shape index (κ3) is 3.39. The Balaban J connectivity index is 1.26. The number of nitrogens with zero attached hydrogens (tertiary/aromatic N) is 3. The lowest BCUT2D eigenvalue weighted by molar-refractivity contribution is 0.181. The number of rotatable bonds is 5. The monoisotopic (exact) mass is 339 g/mol. The molecule has 1 aromatic carbocycles. The van der Waals surface area contributed by atoms with E-state index in [0.29, 0.717) is 5.54 Å². The third-order valence-electron chi connectivity index (χ3n) is 5.58. The topological polar surface area (TPSA) is 62.2 Å². The van der Waals surface area contributed by atoms with E-state index in [-0.39, 0.29) is 6.03 Å². The Labute approximate surface area is 148 Å². The number of benzene rings is 1. The molecule has 0 bridgehead atoms. The summed E-state index contributed by atoms with van der Waals surface area (Å²) in [5, 5.41) is 10.1. The SMILES string of the molecule is O=C(NCCC12CCCN1CCC2)Nc1ccc(-n2cccn2)cc1. The van der Waals surface area contributed by atoms with Gasteiger partial charge in [0, 0.05) is 30.2 Å². The lowest BCUT2D eigenvalue weighted by Crippen LogP contribution is -2.42. The first-order valence-electron chi connectivity index (χ1n) is 9.15. The molecule has 6 nitrogen and oxygen atoms in total. The van der Waals surface area contributed by atoms with E-state index in [1.165, 1.54) is 38.8 Å². The first kappa shape index (κ1) is 16.1. The molecule has 0 unspecified atom stereocenters. The summed E-state index contributed by atoms with van der Waals surface area (Å²) in [4.78, 5) is 14.8. The Bertz CT molecular complexity index is 700. The number of carbonyl (C=O) groups excluding carboxylic acids is 1. The molecule has 1 aromatic heterocycles. The fourth-order valence-electron chi connectivity index (χ4n) is 4.34. The lowest BCUT2D eigenvalue weighted by Gasteiger charge is -2.32. The number of aromatic nitrogens is 2. The Morgan fingerprint density at radius 1 is 1.16 bits per heavy atom. The maximum Gasteiger partial charge on any atom is 0.319 e. The maximum atomic E-state index is 12.1. The first-order valence-corrected chi connectivity index (χ1v) is 9.15. The second-order valence-electron chi connectivity index (χ2n) is 7.05. The highest BCUT2D eigenvalue weighted by atomic mass is 16.2. The largest absolute Gasteiger partial charge is 0.338 e. The summed E-state index contributed by atoms with van der Waals surface area (Å²) in [6.45, 7) is 3.19. The van der Waals surface area contributed by atoms with Crippen LogP contribution < -0.4 is 10.6 Å². The van der Waals surface area contributed by atoms with Crippen molar-refractivity contribution in [1.82, 2.24) is 20.0 Å². The first-order chi connectivity index (χ1) is 12.3. The molecule has 25 heavy (non-hydrogen) atoms. The van der Waals surface area contributed by atoms with Gasteiger partial charge in [0.25, 0.3) is 0 Å². The number of anilines is 1. The van der Waals surface area contributed by atoms with Gasteiger partial charge in [0.1, 0.15) is 0 Å². The average molecular weight is 339 g/mol. The molecule has 0 saturated carbocycles. The van der Waals surface area contributed by atoms with Gasteiger partial charge in [-0.25, -0.2) is 9.48 Å². The van der Waals surface area contributed by atoms with Crippen LogP contribution in [-0.4, -0.2) is 45.9 Å². The van der Waals surface area contributed by atoms with E-state index in [9.17, 15) is 4.79 Å². The van der Waals surface area contributed by atoms with E-state index in [0.717, 1.165) is 24.3 Å². The van der Waals surface area contributed by atoms with Crippen molar-refractivity contribution in [2.45, 2.75) is 37.6 Å². The van der Waals surface area contributed by atoms with Gasteiger partial charge in [0.05, 0.1) is 5.69 Å². The predicted octanol–water partition coefficient (Wildman–Crippen LogP) is 3.01. The van der Waals surface area contributed by atoms with Crippen molar-refractivity contribution in [1.29, 1.82) is 0 Å². The molecule has 2 aliphatic heterocycles. The molecular weight excluding hydrogens is 314 g/mol. The van der Waals surface area contributed by atoms with E-state index in [2.05, 4.69) is 20.6 Å². The number of carbonyl (C=O) groups is 1. The third-order valence-corrected chi connectivity index (χ3v) is 5.58. The molecule has 0 spiro atoms. The van der Waals surface area contributed by atoms with Gasteiger partial charge >= 0.3 is 6.03 Å². The predicted molar refractivity (Wildman–Crippen MR) is 98.0 cm³/mol. The molecular formula is C19H25N5O. The number of urea groups is 1. The van der Waals surface area contributed by atoms with E-state index < -0.39 is 0 Å². The molecule has 2 aromatic rings. The van der Waals surface area contributed by atoms with Crippen LogP contribution in [0.25, 0.3) is 5.69 Å². The fourth-order valence-corrected chi connectivity index (χ4v) is 4.34. The second-order valence-corrected chi connectivity index (χ2v) is 7.05. The molecule has 6 heteroatoms. The van der Waals surface area contributed by atoms with Crippen LogP contribution in [-0.2, 0) is 0 Å². The standard InChI is InChI=1S/C19H25N5O/c25-18(20-12-10-19-8-1-13-23(19)14-2-9-19)22-16-4-6-17(7-5-16)24-15-3-11-21-24/h3-7,11,15H,1-2,8-10,12-14H2,(H2,20,22,25). The van der Waals surface area contributed by atoms with Crippen molar-refractivity contribution >= 4 is 11.7 Å². The Hall–Kier alpha value is -2.34. The summed E-state index contributed by atoms with van der Waals surface area (Å²) >= 11 is 0. The molecule has 0 radical (unpaired) electrons. The smallest absolute Gasteiger partial charge is 0.319 e. The zero-order chi connectivity index (χ0) is 17.1. The van der Waals surface area contributed by atoms with Crippen molar-refractivity contribution in [2.75, 3.05) is 25.0 Å². The number of hydrogen-bond donors (Lipinski definition) is 2. The Kier molecular flexibility index (Phi) is 4.44. The zero-order valence-corrected chi connectivity index (χ0v) is 14.4. The van der Waals surface area contributed by atoms with Gasteiger partial charge < -0.3 is 10.6 Å². The summed E-state index contributed by atoms with van der Waals surface area (Å²) in [5.74, 6) is 0. The highest BCUT2D eigenvalue weighted by Crippen LogP contribution is 2.40. The summed E-state index contributed by atoms with van der Waals surface area (Å²) in [6, 6.07) is 9.42. The Morgan fingerprint density at radius 3 is 2.60 bits per heavy atom. The molecule has 0 atom stereocenters. The fraction of sp³-hybridized carbons (Fsp3) is 0.474. The van der Waals surface area contributed by atoms with Crippen molar-refractivity contribution < 1.29 is 4.79 Å². The normalized spacial score (nSPS) is 18.9. The minimum absolute atomic E-state index is 0.134. The van der Waals surface area contributed by atoms with Crippen LogP contribution in [0.4, 0.5) is 10.5 Å². The summed E-state index contributed by atoms with van der Waals surface area (Å²) < 4.78 is 1.79. The van der Waals surface area contributed by atoms with Gasteiger partial charge in [-0.2, -0.15) is 5.10 Å². The lowest BCUT2D eigenvalue weighted by atomic mass is 9.90. The van der Waals surface area contributed by atoms with Gasteiger partial charge in [-0.15, -0.1) is 0 Å². The Morgan fingerprint density at radius 2 is 1.92 bits per heavy atom. The maximum absolute atomic E-state index is 12.1. The van der Waals surface area contributed by atoms with Crippen LogP contribution in [0.3, 0.4) is 0 Å². The minimum Gasteiger partial charge on any atom is -0.338 e. The molecule has 2 N–H and O–H groups in total. The minimum atomic E-state index is -0.134. The summed E-state index contributed by atoms with van der Waals surface area (Å²) in [5.41, 5.74) is 2.12. The molecule has 3 heterocycles. The summed E-state index contributed by atoms with van der Waals surface area (Å²) in [7, 11) is 0. The number of hydrogen-bond acceptors (Lipinski definition) is 3. The van der Waals surface area contributed by atoms with Crippen molar-refractivity contribution in [3.8, 4) is 5.69 Å². The highest BCUT2D eigenvalue weighted by Gasteiger charge is 2.43. The summed E-state index contributed by atoms with van der Waals surface area (Å²) in [6.07, 6.45) is 9.86. The average Bonchev–Trinajstić information content (AvgIpc) is 3.32. The number of nitrogens with one attached hydrogen (secondary N) is 2. The van der Waals surface area contributed by atoms with Crippen molar-refractivity contribution in [2.24, 2.45) is 0 Å². The zero-order valence-electron chi connectivity index (χ0n) is 14.4. The van der Waals surface area contributed by atoms with Gasteiger partial charge in [0.15, 0.2) is 0 Å². The van der Waals surface area contributed by atoms with E-state index in [4.69, 9.17) is 0 Å². The molecule has 2 aliphatic rings. The molecule has 4 rings (SSSR count). The van der Waals surface area contributed by atoms with Crippen molar-refractivity contribution in [3.05, 3.63) is 42.7 Å². The van der Waals surface area contributed by atoms with Crippen LogP contribution in [0.5, 0.6) is 0 Å².